The molecule has 0 amide bonds. The fraction of sp³-hybridized carbons (Fsp3) is 0.588. The molecule has 1 N–H and O–H groups in total. The Morgan fingerprint density at radius 2 is 2.19 bits per heavy atom. The number of carboxylic acid groups (broad SMARTS) is 1. The molecule has 0 aromatic heterocycles. The SMILES string of the molecule is CC[C@@H](C(=O)O)N1c2cc(OC)ccc2[C@H](C)CC1(C)C. The molecule has 0 aliphatic carbocycles. The molecule has 116 valence electrons. The predicted molar refractivity (Wildman–Crippen MR) is 84.3 cm³/mol. The first-order valence-corrected chi connectivity index (χ1v) is 7.52. The van der Waals surface area contributed by atoms with E-state index in [1.165, 1.54) is 5.56 Å². The fourth-order valence-electron chi connectivity index (χ4n) is 3.62. The summed E-state index contributed by atoms with van der Waals surface area (Å²) in [6.45, 7) is 8.37. The van der Waals surface area contributed by atoms with Crippen LogP contribution in [0.3, 0.4) is 0 Å². The van der Waals surface area contributed by atoms with E-state index in [9.17, 15) is 9.90 Å². The van der Waals surface area contributed by atoms with Gasteiger partial charge in [0.2, 0.25) is 0 Å². The Labute approximate surface area is 126 Å². The fourth-order valence-corrected chi connectivity index (χ4v) is 3.62. The van der Waals surface area contributed by atoms with Crippen molar-refractivity contribution in [3.63, 3.8) is 0 Å². The highest BCUT2D eigenvalue weighted by atomic mass is 16.5. The lowest BCUT2D eigenvalue weighted by molar-refractivity contribution is -0.139. The summed E-state index contributed by atoms with van der Waals surface area (Å²) in [5.41, 5.74) is 2.00. The zero-order valence-corrected chi connectivity index (χ0v) is 13.5. The van der Waals surface area contributed by atoms with Gasteiger partial charge in [0.25, 0.3) is 0 Å². The summed E-state index contributed by atoms with van der Waals surface area (Å²) in [4.78, 5) is 13.8. The minimum atomic E-state index is -0.770. The molecule has 0 saturated heterocycles. The van der Waals surface area contributed by atoms with Crippen molar-refractivity contribution < 1.29 is 14.6 Å². The first-order chi connectivity index (χ1) is 9.81. The predicted octanol–water partition coefficient (Wildman–Crippen LogP) is 3.65. The minimum Gasteiger partial charge on any atom is -0.497 e. The largest absolute Gasteiger partial charge is 0.497 e. The molecule has 21 heavy (non-hydrogen) atoms. The third-order valence-corrected chi connectivity index (χ3v) is 4.47. The number of hydrogen-bond acceptors (Lipinski definition) is 3. The number of methoxy groups -OCH3 is 1. The number of fused-ring (bicyclic) bond motifs is 1. The van der Waals surface area contributed by atoms with Crippen LogP contribution in [0.15, 0.2) is 18.2 Å². The van der Waals surface area contributed by atoms with E-state index < -0.39 is 12.0 Å². The van der Waals surface area contributed by atoms with Gasteiger partial charge in [0, 0.05) is 17.3 Å². The normalized spacial score (nSPS) is 21.6. The molecule has 0 fully saturated rings. The Morgan fingerprint density at radius 3 is 2.71 bits per heavy atom. The summed E-state index contributed by atoms with van der Waals surface area (Å²) >= 11 is 0. The first-order valence-electron chi connectivity index (χ1n) is 7.52. The van der Waals surface area contributed by atoms with Gasteiger partial charge in [0.15, 0.2) is 0 Å². The Balaban J connectivity index is 2.61. The second-order valence-electron chi connectivity index (χ2n) is 6.47. The molecule has 1 heterocycles. The van der Waals surface area contributed by atoms with Crippen molar-refractivity contribution in [3.8, 4) is 5.75 Å². The van der Waals surface area contributed by atoms with Gasteiger partial charge in [0.1, 0.15) is 11.8 Å². The van der Waals surface area contributed by atoms with E-state index in [1.54, 1.807) is 7.11 Å². The first kappa shape index (κ1) is 15.7. The Bertz CT molecular complexity index is 539. The van der Waals surface area contributed by atoms with Gasteiger partial charge >= 0.3 is 5.97 Å². The van der Waals surface area contributed by atoms with Gasteiger partial charge < -0.3 is 14.7 Å². The van der Waals surface area contributed by atoms with Crippen LogP contribution in [0.1, 0.15) is 52.0 Å². The molecule has 4 heteroatoms. The van der Waals surface area contributed by atoms with Crippen molar-refractivity contribution in [2.24, 2.45) is 0 Å². The lowest BCUT2D eigenvalue weighted by Gasteiger charge is -2.50. The number of aliphatic carboxylic acids is 1. The van der Waals surface area contributed by atoms with E-state index in [-0.39, 0.29) is 5.54 Å². The molecule has 2 atom stereocenters. The van der Waals surface area contributed by atoms with Gasteiger partial charge in [-0.05, 0) is 44.2 Å². The van der Waals surface area contributed by atoms with Crippen molar-refractivity contribution in [2.75, 3.05) is 12.0 Å². The average molecular weight is 291 g/mol. The molecule has 0 radical (unpaired) electrons. The van der Waals surface area contributed by atoms with E-state index in [0.29, 0.717) is 12.3 Å². The number of rotatable bonds is 4. The van der Waals surface area contributed by atoms with Crippen LogP contribution in [0.5, 0.6) is 5.75 Å². The average Bonchev–Trinajstić information content (AvgIpc) is 2.41. The monoisotopic (exact) mass is 291 g/mol. The zero-order chi connectivity index (χ0) is 15.8. The van der Waals surface area contributed by atoms with Gasteiger partial charge in [-0.1, -0.05) is 19.9 Å². The van der Waals surface area contributed by atoms with Gasteiger partial charge in [-0.3, -0.25) is 0 Å². The number of anilines is 1. The third kappa shape index (κ3) is 2.71. The van der Waals surface area contributed by atoms with Crippen LogP contribution in [0.2, 0.25) is 0 Å². The topological polar surface area (TPSA) is 49.8 Å². The third-order valence-electron chi connectivity index (χ3n) is 4.47. The Morgan fingerprint density at radius 1 is 1.52 bits per heavy atom. The molecule has 1 aliphatic rings. The molecule has 0 saturated carbocycles. The summed E-state index contributed by atoms with van der Waals surface area (Å²) in [7, 11) is 1.64. The summed E-state index contributed by atoms with van der Waals surface area (Å²) in [5.74, 6) is 0.404. The number of carboxylic acids is 1. The molecule has 1 aromatic carbocycles. The Kier molecular flexibility index (Phi) is 4.17. The van der Waals surface area contributed by atoms with Gasteiger partial charge in [-0.2, -0.15) is 0 Å². The molecular formula is C17H25NO3. The number of ether oxygens (including phenoxy) is 1. The highest BCUT2D eigenvalue weighted by molar-refractivity contribution is 5.80. The summed E-state index contributed by atoms with van der Waals surface area (Å²) in [6, 6.07) is 5.47. The molecule has 0 spiro atoms. The molecule has 0 unspecified atom stereocenters. The van der Waals surface area contributed by atoms with Crippen molar-refractivity contribution in [2.45, 2.75) is 58.0 Å². The lowest BCUT2D eigenvalue weighted by Crippen LogP contribution is -2.56. The standard InChI is InChI=1S/C17H25NO3/c1-6-14(16(19)20)18-15-9-12(21-5)7-8-13(15)11(2)10-17(18,3)4/h7-9,11,14H,6,10H2,1-5H3,(H,19,20)/t11-,14+/m1/s1. The maximum Gasteiger partial charge on any atom is 0.326 e. The number of carbonyl (C=O) groups is 1. The summed E-state index contributed by atoms with van der Waals surface area (Å²) in [5, 5.41) is 9.60. The highest BCUT2D eigenvalue weighted by Crippen LogP contribution is 2.46. The zero-order valence-electron chi connectivity index (χ0n) is 13.5. The van der Waals surface area contributed by atoms with E-state index in [1.807, 2.05) is 19.1 Å². The molecule has 0 bridgehead atoms. The van der Waals surface area contributed by atoms with Crippen LogP contribution >= 0.6 is 0 Å². The Hall–Kier alpha value is -1.71. The van der Waals surface area contributed by atoms with E-state index in [0.717, 1.165) is 17.9 Å². The molecule has 1 aliphatic heterocycles. The highest BCUT2D eigenvalue weighted by Gasteiger charge is 2.41. The summed E-state index contributed by atoms with van der Waals surface area (Å²) < 4.78 is 5.33. The molecule has 4 nitrogen and oxygen atoms in total. The molecule has 2 rings (SSSR count). The molecule has 1 aromatic rings. The molecular weight excluding hydrogens is 266 g/mol. The van der Waals surface area contributed by atoms with E-state index in [4.69, 9.17) is 4.74 Å². The minimum absolute atomic E-state index is 0.197. The summed E-state index contributed by atoms with van der Waals surface area (Å²) in [6.07, 6.45) is 1.51. The van der Waals surface area contributed by atoms with Crippen LogP contribution in [0.4, 0.5) is 5.69 Å². The van der Waals surface area contributed by atoms with Gasteiger partial charge in [-0.15, -0.1) is 0 Å². The number of hydrogen-bond donors (Lipinski definition) is 1. The van der Waals surface area contributed by atoms with Crippen molar-refractivity contribution in [3.05, 3.63) is 23.8 Å². The van der Waals surface area contributed by atoms with E-state index in [2.05, 4.69) is 31.7 Å². The smallest absolute Gasteiger partial charge is 0.326 e. The van der Waals surface area contributed by atoms with Crippen molar-refractivity contribution >= 4 is 11.7 Å². The quantitative estimate of drug-likeness (QED) is 0.920. The van der Waals surface area contributed by atoms with Crippen molar-refractivity contribution in [1.82, 2.24) is 0 Å². The maximum absolute atomic E-state index is 11.7. The van der Waals surface area contributed by atoms with Gasteiger partial charge in [-0.25, -0.2) is 4.79 Å². The van der Waals surface area contributed by atoms with Crippen LogP contribution in [0.25, 0.3) is 0 Å². The van der Waals surface area contributed by atoms with Crippen LogP contribution in [-0.2, 0) is 4.79 Å². The van der Waals surface area contributed by atoms with Gasteiger partial charge in [0.05, 0.1) is 7.11 Å². The number of nitrogens with zero attached hydrogens (tertiary/aromatic N) is 1. The second kappa shape index (κ2) is 5.58. The number of benzene rings is 1. The van der Waals surface area contributed by atoms with E-state index >= 15 is 0 Å². The van der Waals surface area contributed by atoms with Crippen molar-refractivity contribution in [1.29, 1.82) is 0 Å². The van der Waals surface area contributed by atoms with Crippen LogP contribution < -0.4 is 9.64 Å². The maximum atomic E-state index is 11.7. The lowest BCUT2D eigenvalue weighted by atomic mass is 9.79. The second-order valence-corrected chi connectivity index (χ2v) is 6.47. The van der Waals surface area contributed by atoms with Crippen LogP contribution in [0, 0.1) is 0 Å². The van der Waals surface area contributed by atoms with Crippen LogP contribution in [-0.4, -0.2) is 29.8 Å².